The minimum absolute atomic E-state index is 0.0360. The molecule has 1 aromatic heterocycles. The molecule has 2 aliphatic rings. The molecule has 3 rings (SSSR count). The molecule has 8 nitrogen and oxygen atoms in total. The first-order valence-electron chi connectivity index (χ1n) is 8.91. The second-order valence-electron chi connectivity index (χ2n) is 6.62. The van der Waals surface area contributed by atoms with Crippen LogP contribution in [0.3, 0.4) is 0 Å². The number of carbonyl (C=O) groups excluding carboxylic acids is 2. The third kappa shape index (κ3) is 4.03. The molecule has 142 valence electrons. The summed E-state index contributed by atoms with van der Waals surface area (Å²) in [5.74, 6) is 0.325. The van der Waals surface area contributed by atoms with E-state index in [2.05, 4.69) is 10.3 Å². The molecular formula is C17H24N4O4S. The van der Waals surface area contributed by atoms with Crippen LogP contribution in [0.1, 0.15) is 25.3 Å². The van der Waals surface area contributed by atoms with Crippen LogP contribution in [-0.2, 0) is 16.1 Å². The van der Waals surface area contributed by atoms with E-state index in [1.54, 1.807) is 29.5 Å². The van der Waals surface area contributed by atoms with Crippen molar-refractivity contribution >= 4 is 23.8 Å². The van der Waals surface area contributed by atoms with Crippen molar-refractivity contribution in [2.24, 2.45) is 5.92 Å². The Morgan fingerprint density at radius 2 is 2.12 bits per heavy atom. The topological polar surface area (TPSA) is 93.5 Å². The summed E-state index contributed by atoms with van der Waals surface area (Å²) in [6.07, 6.45) is 2.71. The van der Waals surface area contributed by atoms with Gasteiger partial charge in [-0.2, -0.15) is 0 Å². The zero-order valence-electron chi connectivity index (χ0n) is 15.1. The second kappa shape index (κ2) is 8.11. The Balaban J connectivity index is 1.54. The summed E-state index contributed by atoms with van der Waals surface area (Å²) < 4.78 is 6.60. The summed E-state index contributed by atoms with van der Waals surface area (Å²) in [5.41, 5.74) is 0.504. The molecule has 0 bridgehead atoms. The van der Waals surface area contributed by atoms with E-state index in [0.717, 1.165) is 0 Å². The van der Waals surface area contributed by atoms with E-state index < -0.39 is 0 Å². The molecule has 2 aliphatic heterocycles. The van der Waals surface area contributed by atoms with Gasteiger partial charge in [-0.3, -0.25) is 14.2 Å². The standard InChI is InChI=1S/C17H24N4O4S/c1-3-25-17(24)20-6-4-13(5-7-20)19-14(22)12-9-21-15(23)11(2)8-18-16(21)26-10-12/h8,12-13H,3-7,9-10H2,1-2H3,(H,19,22)/t12-/m0/s1. The Labute approximate surface area is 156 Å². The number of likely N-dealkylation sites (tertiary alicyclic amines) is 1. The number of hydrogen-bond donors (Lipinski definition) is 1. The quantitative estimate of drug-likeness (QED) is 0.787. The molecule has 1 atom stereocenters. The second-order valence-corrected chi connectivity index (χ2v) is 7.60. The van der Waals surface area contributed by atoms with E-state index >= 15 is 0 Å². The van der Waals surface area contributed by atoms with Crippen LogP contribution in [0.25, 0.3) is 0 Å². The fraction of sp³-hybridized carbons (Fsp3) is 0.647. The predicted molar refractivity (Wildman–Crippen MR) is 97.2 cm³/mol. The van der Waals surface area contributed by atoms with E-state index in [4.69, 9.17) is 4.74 Å². The van der Waals surface area contributed by atoms with Gasteiger partial charge in [0.25, 0.3) is 5.56 Å². The Kier molecular flexibility index (Phi) is 5.85. The molecule has 0 spiro atoms. The first-order valence-corrected chi connectivity index (χ1v) is 9.89. The fourth-order valence-corrected chi connectivity index (χ4v) is 4.25. The van der Waals surface area contributed by atoms with Crippen LogP contribution in [-0.4, -0.2) is 57.9 Å². The maximum Gasteiger partial charge on any atom is 0.409 e. The monoisotopic (exact) mass is 380 g/mol. The van der Waals surface area contributed by atoms with E-state index in [9.17, 15) is 14.4 Å². The van der Waals surface area contributed by atoms with Crippen LogP contribution in [0.5, 0.6) is 0 Å². The van der Waals surface area contributed by atoms with Crippen molar-refractivity contribution < 1.29 is 14.3 Å². The normalized spacial score (nSPS) is 20.4. The molecule has 1 fully saturated rings. The van der Waals surface area contributed by atoms with Crippen LogP contribution < -0.4 is 10.9 Å². The van der Waals surface area contributed by atoms with Crippen LogP contribution in [0.15, 0.2) is 16.1 Å². The number of carbonyl (C=O) groups is 2. The van der Waals surface area contributed by atoms with Crippen molar-refractivity contribution in [3.8, 4) is 0 Å². The molecule has 1 N–H and O–H groups in total. The molecule has 0 aromatic carbocycles. The largest absolute Gasteiger partial charge is 0.450 e. The lowest BCUT2D eigenvalue weighted by Crippen LogP contribution is -2.49. The number of ether oxygens (including phenoxy) is 1. The van der Waals surface area contributed by atoms with Gasteiger partial charge in [-0.15, -0.1) is 0 Å². The lowest BCUT2D eigenvalue weighted by molar-refractivity contribution is -0.125. The molecule has 0 aliphatic carbocycles. The van der Waals surface area contributed by atoms with E-state index in [-0.39, 0.29) is 29.5 Å². The molecule has 3 heterocycles. The van der Waals surface area contributed by atoms with Crippen molar-refractivity contribution in [3.63, 3.8) is 0 Å². The van der Waals surface area contributed by atoms with Gasteiger partial charge in [0, 0.05) is 43.2 Å². The number of aromatic nitrogens is 2. The highest BCUT2D eigenvalue weighted by Crippen LogP contribution is 2.25. The number of rotatable bonds is 3. The summed E-state index contributed by atoms with van der Waals surface area (Å²) in [5, 5.41) is 3.75. The minimum Gasteiger partial charge on any atom is -0.450 e. The number of hydrogen-bond acceptors (Lipinski definition) is 6. The maximum atomic E-state index is 12.6. The van der Waals surface area contributed by atoms with Crippen molar-refractivity contribution in [1.29, 1.82) is 0 Å². The first-order chi connectivity index (χ1) is 12.5. The molecule has 1 saturated heterocycles. The highest BCUT2D eigenvalue weighted by molar-refractivity contribution is 7.99. The molecule has 9 heteroatoms. The Bertz CT molecular complexity index is 743. The number of thioether (sulfide) groups is 1. The Morgan fingerprint density at radius 1 is 1.38 bits per heavy atom. The fourth-order valence-electron chi connectivity index (χ4n) is 3.20. The molecule has 2 amide bonds. The lowest BCUT2D eigenvalue weighted by atomic mass is 10.0. The van der Waals surface area contributed by atoms with Gasteiger partial charge < -0.3 is 15.0 Å². The number of aryl methyl sites for hydroxylation is 1. The zero-order valence-corrected chi connectivity index (χ0v) is 15.9. The van der Waals surface area contributed by atoms with Crippen LogP contribution in [0.4, 0.5) is 4.79 Å². The van der Waals surface area contributed by atoms with Crippen LogP contribution in [0.2, 0.25) is 0 Å². The van der Waals surface area contributed by atoms with Crippen molar-refractivity contribution in [3.05, 3.63) is 22.1 Å². The number of piperidine rings is 1. The van der Waals surface area contributed by atoms with Gasteiger partial charge in [0.1, 0.15) is 0 Å². The molecular weight excluding hydrogens is 356 g/mol. The molecule has 1 aromatic rings. The lowest BCUT2D eigenvalue weighted by Gasteiger charge is -2.33. The Morgan fingerprint density at radius 3 is 2.81 bits per heavy atom. The van der Waals surface area contributed by atoms with Gasteiger partial charge in [-0.25, -0.2) is 9.78 Å². The molecule has 26 heavy (non-hydrogen) atoms. The number of amides is 2. The van der Waals surface area contributed by atoms with E-state index in [1.807, 2.05) is 0 Å². The molecule has 0 unspecified atom stereocenters. The highest BCUT2D eigenvalue weighted by Gasteiger charge is 2.30. The smallest absolute Gasteiger partial charge is 0.409 e. The first kappa shape index (κ1) is 18.8. The summed E-state index contributed by atoms with van der Waals surface area (Å²) in [4.78, 5) is 42.6. The van der Waals surface area contributed by atoms with Crippen LogP contribution in [0, 0.1) is 12.8 Å². The maximum absolute atomic E-state index is 12.6. The van der Waals surface area contributed by atoms with Gasteiger partial charge in [0.05, 0.1) is 12.5 Å². The molecule has 0 saturated carbocycles. The summed E-state index contributed by atoms with van der Waals surface area (Å²) in [6.45, 7) is 5.40. The predicted octanol–water partition coefficient (Wildman–Crippen LogP) is 1.01. The summed E-state index contributed by atoms with van der Waals surface area (Å²) >= 11 is 1.44. The van der Waals surface area contributed by atoms with Crippen molar-refractivity contribution in [1.82, 2.24) is 19.8 Å². The SMILES string of the molecule is CCOC(=O)N1CCC(NC(=O)[C@@H]2CSc3ncc(C)c(=O)n3C2)CC1. The van der Waals surface area contributed by atoms with Gasteiger partial charge in [0.2, 0.25) is 5.91 Å². The summed E-state index contributed by atoms with van der Waals surface area (Å²) in [6, 6.07) is 0.0481. The third-order valence-electron chi connectivity index (χ3n) is 4.74. The highest BCUT2D eigenvalue weighted by atomic mass is 32.2. The van der Waals surface area contributed by atoms with Gasteiger partial charge in [0.15, 0.2) is 5.16 Å². The average molecular weight is 380 g/mol. The number of nitrogens with zero attached hydrogens (tertiary/aromatic N) is 3. The number of nitrogens with one attached hydrogen (secondary N) is 1. The Hall–Kier alpha value is -2.03. The number of fused-ring (bicyclic) bond motifs is 1. The van der Waals surface area contributed by atoms with Crippen molar-refractivity contribution in [2.75, 3.05) is 25.4 Å². The van der Waals surface area contributed by atoms with E-state index in [0.29, 0.717) is 55.6 Å². The van der Waals surface area contributed by atoms with Crippen molar-refractivity contribution in [2.45, 2.75) is 44.4 Å². The van der Waals surface area contributed by atoms with Crippen LogP contribution >= 0.6 is 11.8 Å². The third-order valence-corrected chi connectivity index (χ3v) is 5.89. The van der Waals surface area contributed by atoms with Gasteiger partial charge in [-0.05, 0) is 26.7 Å². The zero-order chi connectivity index (χ0) is 18.7. The van der Waals surface area contributed by atoms with Gasteiger partial charge >= 0.3 is 6.09 Å². The van der Waals surface area contributed by atoms with Gasteiger partial charge in [-0.1, -0.05) is 11.8 Å². The summed E-state index contributed by atoms with van der Waals surface area (Å²) in [7, 11) is 0. The molecule has 0 radical (unpaired) electrons. The average Bonchev–Trinajstić information content (AvgIpc) is 2.65. The minimum atomic E-state index is -0.292. The van der Waals surface area contributed by atoms with E-state index in [1.165, 1.54) is 11.8 Å².